The predicted molar refractivity (Wildman–Crippen MR) is 134 cm³/mol. The third-order valence-corrected chi connectivity index (χ3v) is 5.23. The quantitative estimate of drug-likeness (QED) is 0.399. The first-order valence-corrected chi connectivity index (χ1v) is 11.3. The van der Waals surface area contributed by atoms with Crippen molar-refractivity contribution in [3.05, 3.63) is 66.5 Å². The average Bonchev–Trinajstić information content (AvgIpc) is 3.42. The molecule has 0 saturated carbocycles. The number of ether oxygens (including phenoxy) is 3. The molecule has 1 aromatic heterocycles. The average molecular weight is 456 g/mol. The molecular weight excluding hydrogens is 418 g/mol. The van der Waals surface area contributed by atoms with Crippen molar-refractivity contribution in [2.75, 3.05) is 46.3 Å². The Hall–Kier alpha value is -3.16. The highest BCUT2D eigenvalue weighted by atomic mass is 16.5. The number of hydrogen-bond donors (Lipinski definition) is 2. The van der Waals surface area contributed by atoms with Gasteiger partial charge in [0.15, 0.2) is 0 Å². The normalized spacial score (nSPS) is 11.4. The van der Waals surface area contributed by atoms with Crippen LogP contribution in [0.2, 0.25) is 0 Å². The second-order valence-electron chi connectivity index (χ2n) is 7.05. The summed E-state index contributed by atoms with van der Waals surface area (Å²) in [5.41, 5.74) is 2.73. The van der Waals surface area contributed by atoms with Crippen LogP contribution in [-0.2, 0) is 0 Å². The van der Waals surface area contributed by atoms with E-state index in [9.17, 15) is 5.11 Å². The molecule has 3 aromatic rings. The lowest BCUT2D eigenvalue weighted by molar-refractivity contribution is 0.00779. The van der Waals surface area contributed by atoms with E-state index in [1.54, 1.807) is 27.4 Å². The van der Waals surface area contributed by atoms with Crippen LogP contribution in [0, 0.1) is 0 Å². The summed E-state index contributed by atoms with van der Waals surface area (Å²) in [6, 6.07) is 15.4. The Kier molecular flexibility index (Phi) is 10.6. The fourth-order valence-electron chi connectivity index (χ4n) is 3.47. The summed E-state index contributed by atoms with van der Waals surface area (Å²) in [7, 11) is 4.86. The van der Waals surface area contributed by atoms with Crippen molar-refractivity contribution >= 4 is 5.69 Å². The van der Waals surface area contributed by atoms with Gasteiger partial charge in [-0.3, -0.25) is 4.90 Å². The second-order valence-corrected chi connectivity index (χ2v) is 7.05. The molecule has 2 N–H and O–H groups in total. The Labute approximate surface area is 197 Å². The van der Waals surface area contributed by atoms with Gasteiger partial charge in [-0.25, -0.2) is 0 Å². The molecule has 1 heterocycles. The smallest absolute Gasteiger partial charge is 0.133 e. The molecule has 1 unspecified atom stereocenters. The van der Waals surface area contributed by atoms with Gasteiger partial charge >= 0.3 is 0 Å². The van der Waals surface area contributed by atoms with Crippen molar-refractivity contribution in [3.8, 4) is 22.9 Å². The lowest BCUT2D eigenvalue weighted by Gasteiger charge is -2.27. The molecular formula is C26H37N3O4. The molecule has 2 aromatic carbocycles. The summed E-state index contributed by atoms with van der Waals surface area (Å²) in [4.78, 5) is 1.99. The van der Waals surface area contributed by atoms with Gasteiger partial charge in [-0.2, -0.15) is 0 Å². The summed E-state index contributed by atoms with van der Waals surface area (Å²) >= 11 is 0. The maximum absolute atomic E-state index is 11.0. The zero-order valence-electron chi connectivity index (χ0n) is 20.5. The number of benzene rings is 2. The van der Waals surface area contributed by atoms with Crippen LogP contribution in [0.5, 0.6) is 17.2 Å². The number of methoxy groups -OCH3 is 3. The van der Waals surface area contributed by atoms with Crippen molar-refractivity contribution in [2.24, 2.45) is 0 Å². The zero-order valence-corrected chi connectivity index (χ0v) is 20.5. The van der Waals surface area contributed by atoms with E-state index in [4.69, 9.17) is 14.2 Å². The number of aliphatic hydroxyl groups excluding tert-OH is 1. The summed E-state index contributed by atoms with van der Waals surface area (Å²) in [5.74, 6) is 2.10. The molecule has 0 amide bonds. The molecule has 1 atom stereocenters. The van der Waals surface area contributed by atoms with Gasteiger partial charge in [0.05, 0.1) is 32.7 Å². The van der Waals surface area contributed by atoms with E-state index in [2.05, 4.69) is 5.32 Å². The van der Waals surface area contributed by atoms with Crippen LogP contribution in [0.3, 0.4) is 0 Å². The van der Waals surface area contributed by atoms with Crippen LogP contribution in [0.4, 0.5) is 5.69 Å². The minimum atomic E-state index is -0.768. The predicted octanol–water partition coefficient (Wildman–Crippen LogP) is 4.95. The molecule has 180 valence electrons. The molecule has 0 spiro atoms. The molecule has 0 aliphatic rings. The van der Waals surface area contributed by atoms with Gasteiger partial charge in [0, 0.05) is 43.2 Å². The Bertz CT molecular complexity index is 938. The highest BCUT2D eigenvalue weighted by Crippen LogP contribution is 2.29. The van der Waals surface area contributed by atoms with Gasteiger partial charge in [0.2, 0.25) is 0 Å². The van der Waals surface area contributed by atoms with Gasteiger partial charge in [-0.15, -0.1) is 0 Å². The molecule has 33 heavy (non-hydrogen) atoms. The number of nitrogens with one attached hydrogen (secondary N) is 1. The molecule has 7 nitrogen and oxygen atoms in total. The summed E-state index contributed by atoms with van der Waals surface area (Å²) in [6.45, 7) is 8.02. The van der Waals surface area contributed by atoms with Gasteiger partial charge < -0.3 is 29.2 Å². The van der Waals surface area contributed by atoms with Crippen LogP contribution in [0.25, 0.3) is 5.69 Å². The number of aromatic nitrogens is 1. The van der Waals surface area contributed by atoms with Crippen LogP contribution >= 0.6 is 0 Å². The maximum Gasteiger partial charge on any atom is 0.133 e. The first kappa shape index (κ1) is 26.1. The van der Waals surface area contributed by atoms with E-state index in [0.29, 0.717) is 31.1 Å². The van der Waals surface area contributed by atoms with Gasteiger partial charge in [-0.05, 0) is 42.9 Å². The number of hydrogen-bond acceptors (Lipinski definition) is 6. The monoisotopic (exact) mass is 455 g/mol. The Morgan fingerprint density at radius 2 is 1.52 bits per heavy atom. The molecule has 7 heteroatoms. The molecule has 3 rings (SSSR count). The van der Waals surface area contributed by atoms with Crippen LogP contribution in [0.15, 0.2) is 60.9 Å². The SMILES string of the molecule is CC.CCN(CCNc1ccc(OC)cc1-n1cccc1)C(O)c1cc(OC)cc(OC)c1. The fourth-order valence-corrected chi connectivity index (χ4v) is 3.47. The number of rotatable bonds is 11. The summed E-state index contributed by atoms with van der Waals surface area (Å²) < 4.78 is 18.1. The molecule has 0 bridgehead atoms. The number of likely N-dealkylation sites (N-methyl/N-ethyl adjacent to an activating group) is 1. The van der Waals surface area contributed by atoms with Crippen molar-refractivity contribution < 1.29 is 19.3 Å². The molecule has 0 saturated heterocycles. The van der Waals surface area contributed by atoms with Crippen LogP contribution in [0.1, 0.15) is 32.6 Å². The number of nitrogens with zero attached hydrogens (tertiary/aromatic N) is 2. The van der Waals surface area contributed by atoms with Gasteiger partial charge in [-0.1, -0.05) is 20.8 Å². The van der Waals surface area contributed by atoms with Crippen molar-refractivity contribution in [2.45, 2.75) is 27.0 Å². The first-order valence-electron chi connectivity index (χ1n) is 11.3. The summed E-state index contributed by atoms with van der Waals surface area (Å²) in [5, 5.41) is 14.4. The second kappa shape index (κ2) is 13.4. The Balaban J connectivity index is 0.00000187. The fraction of sp³-hybridized carbons (Fsp3) is 0.385. The van der Waals surface area contributed by atoms with Gasteiger partial charge in [0.1, 0.15) is 23.5 Å². The highest BCUT2D eigenvalue weighted by Gasteiger charge is 2.18. The van der Waals surface area contributed by atoms with E-state index in [1.807, 2.05) is 85.1 Å². The molecule has 0 aliphatic heterocycles. The van der Waals surface area contributed by atoms with E-state index in [-0.39, 0.29) is 0 Å². The third-order valence-electron chi connectivity index (χ3n) is 5.23. The minimum absolute atomic E-state index is 0.647. The molecule has 0 aliphatic carbocycles. The standard InChI is InChI=1S/C24H31N3O4.C2H6/c1-5-26(24(28)18-14-20(30-3)16-21(15-18)31-4)13-10-25-22-9-8-19(29-2)17-23(22)27-11-6-7-12-27;1-2/h6-9,11-12,14-17,24-25,28H,5,10,13H2,1-4H3;1-2H3. The first-order chi connectivity index (χ1) is 16.1. The van der Waals surface area contributed by atoms with E-state index < -0.39 is 6.23 Å². The van der Waals surface area contributed by atoms with E-state index >= 15 is 0 Å². The van der Waals surface area contributed by atoms with E-state index in [0.717, 1.165) is 22.7 Å². The lowest BCUT2D eigenvalue weighted by Crippen LogP contribution is -2.33. The van der Waals surface area contributed by atoms with Gasteiger partial charge in [0.25, 0.3) is 0 Å². The third kappa shape index (κ3) is 6.91. The van der Waals surface area contributed by atoms with Crippen molar-refractivity contribution in [1.82, 2.24) is 9.47 Å². The lowest BCUT2D eigenvalue weighted by atomic mass is 10.1. The summed E-state index contributed by atoms with van der Waals surface area (Å²) in [6.07, 6.45) is 3.23. The Morgan fingerprint density at radius 3 is 2.06 bits per heavy atom. The van der Waals surface area contributed by atoms with E-state index in [1.165, 1.54) is 0 Å². The van der Waals surface area contributed by atoms with Crippen LogP contribution in [-0.4, -0.2) is 55.5 Å². The maximum atomic E-state index is 11.0. The molecule has 0 fully saturated rings. The Morgan fingerprint density at radius 1 is 0.909 bits per heavy atom. The van der Waals surface area contributed by atoms with Crippen LogP contribution < -0.4 is 19.5 Å². The largest absolute Gasteiger partial charge is 0.497 e. The molecule has 0 radical (unpaired) electrons. The topological polar surface area (TPSA) is 68.1 Å². The zero-order chi connectivity index (χ0) is 24.2. The van der Waals surface area contributed by atoms with Crippen molar-refractivity contribution in [1.29, 1.82) is 0 Å². The highest BCUT2D eigenvalue weighted by molar-refractivity contribution is 5.63. The minimum Gasteiger partial charge on any atom is -0.497 e. The van der Waals surface area contributed by atoms with Crippen molar-refractivity contribution in [3.63, 3.8) is 0 Å². The number of aliphatic hydroxyl groups is 1. The number of anilines is 1.